The number of halogens is 2. The molecule has 2 rings (SSSR count). The molecule has 0 radical (unpaired) electrons. The van der Waals surface area contributed by atoms with Gasteiger partial charge in [-0.05, 0) is 22.9 Å². The van der Waals surface area contributed by atoms with E-state index in [2.05, 4.69) is 30.9 Å². The van der Waals surface area contributed by atoms with Crippen LogP contribution in [0.25, 0.3) is 0 Å². The zero-order valence-electron chi connectivity index (χ0n) is 8.89. The summed E-state index contributed by atoms with van der Waals surface area (Å²) >= 11 is 8.79. The van der Waals surface area contributed by atoms with Gasteiger partial charge in [-0.25, -0.2) is 9.97 Å². The van der Waals surface area contributed by atoms with Crippen molar-refractivity contribution < 1.29 is 0 Å². The van der Waals surface area contributed by atoms with Gasteiger partial charge in [0.2, 0.25) is 0 Å². The van der Waals surface area contributed by atoms with Crippen LogP contribution in [-0.2, 0) is 6.54 Å². The second-order valence-electron chi connectivity index (χ2n) is 3.38. The first-order chi connectivity index (χ1) is 8.08. The summed E-state index contributed by atoms with van der Waals surface area (Å²) in [6, 6.07) is 0. The molecule has 0 unspecified atom stereocenters. The highest BCUT2D eigenvalue weighted by molar-refractivity contribution is 9.10. The molecule has 0 saturated heterocycles. The second-order valence-corrected chi connectivity index (χ2v) is 4.62. The van der Waals surface area contributed by atoms with Crippen LogP contribution in [-0.4, -0.2) is 19.5 Å². The number of hydrogen-bond donors (Lipinski definition) is 0. The fraction of sp³-hybridized carbons (Fsp3) is 0.200. The highest BCUT2D eigenvalue weighted by Gasteiger charge is 2.07. The molecule has 0 bridgehead atoms. The molecule has 17 heavy (non-hydrogen) atoms. The predicted molar refractivity (Wildman–Crippen MR) is 67.1 cm³/mol. The number of aromatic nitrogens is 4. The Hall–Kier alpha value is -1.27. The second kappa shape index (κ2) is 4.93. The average molecular weight is 316 g/mol. The standard InChI is InChI=1S/C10H8BrClN4O/c1-6-13-3-8(11)10(17)16(6)5-7-2-15-9(12)4-14-7/h2-4H,5H2,1H3. The van der Waals surface area contributed by atoms with Crippen LogP contribution in [0.4, 0.5) is 0 Å². The highest BCUT2D eigenvalue weighted by atomic mass is 79.9. The lowest BCUT2D eigenvalue weighted by atomic mass is 10.4. The Morgan fingerprint density at radius 1 is 1.29 bits per heavy atom. The fourth-order valence-corrected chi connectivity index (χ4v) is 1.73. The van der Waals surface area contributed by atoms with Gasteiger partial charge in [-0.3, -0.25) is 14.3 Å². The fourth-order valence-electron chi connectivity index (χ4n) is 1.32. The summed E-state index contributed by atoms with van der Waals surface area (Å²) in [4.78, 5) is 24.0. The third kappa shape index (κ3) is 2.70. The van der Waals surface area contributed by atoms with Crippen LogP contribution in [0.15, 0.2) is 27.9 Å². The molecule has 2 aromatic heterocycles. The first-order valence-electron chi connectivity index (χ1n) is 4.76. The van der Waals surface area contributed by atoms with E-state index in [0.29, 0.717) is 27.7 Å². The normalized spacial score (nSPS) is 10.5. The molecule has 7 heteroatoms. The van der Waals surface area contributed by atoms with E-state index in [1.165, 1.54) is 23.2 Å². The average Bonchev–Trinajstić information content (AvgIpc) is 2.32. The van der Waals surface area contributed by atoms with Gasteiger partial charge in [-0.1, -0.05) is 11.6 Å². The van der Waals surface area contributed by atoms with E-state index in [4.69, 9.17) is 11.6 Å². The number of rotatable bonds is 2. The van der Waals surface area contributed by atoms with Gasteiger partial charge in [0, 0.05) is 6.20 Å². The van der Waals surface area contributed by atoms with Crippen molar-refractivity contribution in [2.45, 2.75) is 13.5 Å². The Bertz CT molecular complexity index is 596. The summed E-state index contributed by atoms with van der Waals surface area (Å²) in [5, 5.41) is 0.324. The summed E-state index contributed by atoms with van der Waals surface area (Å²) in [6.07, 6.45) is 4.47. The Labute approximate surface area is 111 Å². The molecule has 0 aromatic carbocycles. The van der Waals surface area contributed by atoms with Crippen molar-refractivity contribution in [3.05, 3.63) is 50.1 Å². The van der Waals surface area contributed by atoms with E-state index in [-0.39, 0.29) is 5.56 Å². The van der Waals surface area contributed by atoms with Gasteiger partial charge < -0.3 is 0 Å². The SMILES string of the molecule is Cc1ncc(Br)c(=O)n1Cc1cnc(Cl)cn1. The Kier molecular flexibility index (Phi) is 3.54. The molecule has 2 heterocycles. The molecule has 88 valence electrons. The maximum atomic E-state index is 11.9. The maximum absolute atomic E-state index is 11.9. The lowest BCUT2D eigenvalue weighted by Crippen LogP contribution is -2.24. The molecule has 0 N–H and O–H groups in total. The zero-order chi connectivity index (χ0) is 12.4. The Morgan fingerprint density at radius 2 is 2.06 bits per heavy atom. The minimum Gasteiger partial charge on any atom is -0.290 e. The maximum Gasteiger partial charge on any atom is 0.268 e. The molecule has 0 aliphatic carbocycles. The van der Waals surface area contributed by atoms with E-state index in [9.17, 15) is 4.79 Å². The van der Waals surface area contributed by atoms with Crippen LogP contribution in [0, 0.1) is 6.92 Å². The van der Waals surface area contributed by atoms with Gasteiger partial charge in [0.25, 0.3) is 5.56 Å². The van der Waals surface area contributed by atoms with Gasteiger partial charge in [-0.15, -0.1) is 0 Å². The van der Waals surface area contributed by atoms with Crippen molar-refractivity contribution in [1.29, 1.82) is 0 Å². The highest BCUT2D eigenvalue weighted by Crippen LogP contribution is 2.05. The summed E-state index contributed by atoms with van der Waals surface area (Å²) in [5.74, 6) is 0.620. The Morgan fingerprint density at radius 3 is 2.71 bits per heavy atom. The summed E-state index contributed by atoms with van der Waals surface area (Å²) in [7, 11) is 0. The molecular weight excluding hydrogens is 307 g/mol. The zero-order valence-corrected chi connectivity index (χ0v) is 11.2. The third-order valence-electron chi connectivity index (χ3n) is 2.20. The van der Waals surface area contributed by atoms with Crippen LogP contribution in [0.5, 0.6) is 0 Å². The molecule has 2 aromatic rings. The Balaban J connectivity index is 2.39. The number of aryl methyl sites for hydroxylation is 1. The topological polar surface area (TPSA) is 60.7 Å². The van der Waals surface area contributed by atoms with Crippen molar-refractivity contribution in [3.8, 4) is 0 Å². The van der Waals surface area contributed by atoms with Gasteiger partial charge in [0.15, 0.2) is 0 Å². The van der Waals surface area contributed by atoms with E-state index in [1.807, 2.05) is 0 Å². The molecule has 0 fully saturated rings. The van der Waals surface area contributed by atoms with E-state index < -0.39 is 0 Å². The van der Waals surface area contributed by atoms with Gasteiger partial charge in [0.1, 0.15) is 15.5 Å². The molecule has 0 aliphatic rings. The van der Waals surface area contributed by atoms with Crippen LogP contribution in [0.2, 0.25) is 5.15 Å². The first-order valence-corrected chi connectivity index (χ1v) is 5.93. The van der Waals surface area contributed by atoms with Crippen LogP contribution in [0.1, 0.15) is 11.5 Å². The summed E-state index contributed by atoms with van der Waals surface area (Å²) in [6.45, 7) is 2.08. The summed E-state index contributed by atoms with van der Waals surface area (Å²) in [5.41, 5.74) is 0.508. The molecule has 5 nitrogen and oxygen atoms in total. The van der Waals surface area contributed by atoms with Gasteiger partial charge in [0.05, 0.1) is 24.6 Å². The van der Waals surface area contributed by atoms with Crippen LogP contribution in [0.3, 0.4) is 0 Å². The van der Waals surface area contributed by atoms with Crippen molar-refractivity contribution >= 4 is 27.5 Å². The smallest absolute Gasteiger partial charge is 0.268 e. The van der Waals surface area contributed by atoms with Crippen LogP contribution < -0.4 is 5.56 Å². The molecule has 0 amide bonds. The minimum atomic E-state index is -0.144. The first kappa shape index (κ1) is 12.2. The van der Waals surface area contributed by atoms with Crippen molar-refractivity contribution in [2.75, 3.05) is 0 Å². The third-order valence-corrected chi connectivity index (χ3v) is 2.94. The van der Waals surface area contributed by atoms with Gasteiger partial charge >= 0.3 is 0 Å². The molecular formula is C10H8BrClN4O. The van der Waals surface area contributed by atoms with Gasteiger partial charge in [-0.2, -0.15) is 0 Å². The van der Waals surface area contributed by atoms with Crippen molar-refractivity contribution in [1.82, 2.24) is 19.5 Å². The number of hydrogen-bond acceptors (Lipinski definition) is 4. The lowest BCUT2D eigenvalue weighted by Gasteiger charge is -2.08. The van der Waals surface area contributed by atoms with Crippen molar-refractivity contribution in [3.63, 3.8) is 0 Å². The molecule has 0 atom stereocenters. The van der Waals surface area contributed by atoms with E-state index in [0.717, 1.165) is 0 Å². The molecule has 0 saturated carbocycles. The number of nitrogens with zero attached hydrogens (tertiary/aromatic N) is 4. The van der Waals surface area contributed by atoms with Crippen molar-refractivity contribution in [2.24, 2.45) is 0 Å². The minimum absolute atomic E-state index is 0.144. The lowest BCUT2D eigenvalue weighted by molar-refractivity contribution is 0.679. The van der Waals surface area contributed by atoms with Crippen LogP contribution >= 0.6 is 27.5 Å². The predicted octanol–water partition coefficient (Wildman–Crippen LogP) is 1.81. The molecule has 0 spiro atoms. The van der Waals surface area contributed by atoms with E-state index >= 15 is 0 Å². The van der Waals surface area contributed by atoms with E-state index in [1.54, 1.807) is 6.92 Å². The quantitative estimate of drug-likeness (QED) is 0.848. The summed E-state index contributed by atoms with van der Waals surface area (Å²) < 4.78 is 1.94. The monoisotopic (exact) mass is 314 g/mol. The molecule has 0 aliphatic heterocycles. The largest absolute Gasteiger partial charge is 0.290 e.